The molecule has 0 saturated carbocycles. The lowest BCUT2D eigenvalue weighted by atomic mass is 10.2. The molecular weight excluding hydrogens is 769 g/mol. The number of anilines is 2. The molecule has 0 fully saturated rings. The predicted octanol–water partition coefficient (Wildman–Crippen LogP) is 13.6. The number of benzene rings is 8. The highest BCUT2D eigenvalue weighted by Crippen LogP contribution is 2.28. The Labute approximate surface area is 363 Å². The van der Waals surface area contributed by atoms with Gasteiger partial charge >= 0.3 is 0 Å². The molecule has 2 N–H and O–H groups in total. The van der Waals surface area contributed by atoms with Gasteiger partial charge in [-0.3, -0.25) is 0 Å². The Morgan fingerprint density at radius 1 is 0.290 bits per heavy atom. The average Bonchev–Trinajstić information content (AvgIpc) is 3.34. The normalized spacial score (nSPS) is 10.9. The van der Waals surface area contributed by atoms with Crippen LogP contribution < -0.4 is 29.6 Å². The number of nitrogens with zero attached hydrogens (tertiary/aromatic N) is 2. The van der Waals surface area contributed by atoms with Crippen LogP contribution in [0.15, 0.2) is 216 Å². The van der Waals surface area contributed by atoms with Gasteiger partial charge in [-0.05, 0) is 106 Å². The van der Waals surface area contributed by atoms with Crippen molar-refractivity contribution >= 4 is 22.7 Å². The third-order valence-corrected chi connectivity index (χ3v) is 9.88. The number of hydrogen-bond donors (Lipinski definition) is 2. The fourth-order valence-electron chi connectivity index (χ4n) is 6.58. The number of rotatable bonds is 20. The van der Waals surface area contributed by atoms with E-state index in [1.807, 2.05) is 158 Å². The first kappa shape index (κ1) is 40.9. The molecule has 8 rings (SSSR count). The van der Waals surface area contributed by atoms with Gasteiger partial charge in [-0.15, -0.1) is 0 Å². The number of ether oxygens (including phenoxy) is 4. The molecule has 0 aliphatic carbocycles. The zero-order chi connectivity index (χ0) is 42.0. The molecular formula is C54H48N4O4. The van der Waals surface area contributed by atoms with Crippen molar-refractivity contribution < 1.29 is 18.9 Å². The minimum absolute atomic E-state index is 0.474. The summed E-state index contributed by atoms with van der Waals surface area (Å²) in [4.78, 5) is 0. The third kappa shape index (κ3) is 12.8. The Morgan fingerprint density at radius 2 is 0.565 bits per heavy atom. The summed E-state index contributed by atoms with van der Waals surface area (Å²) in [6.07, 6.45) is 0. The summed E-state index contributed by atoms with van der Waals surface area (Å²) >= 11 is 0. The summed E-state index contributed by atoms with van der Waals surface area (Å²) in [6, 6.07) is 68.5. The van der Waals surface area contributed by atoms with E-state index in [1.54, 1.807) is 0 Å². The Hall–Kier alpha value is -7.84. The zero-order valence-corrected chi connectivity index (χ0v) is 34.4. The molecule has 308 valence electrons. The first-order valence-electron chi connectivity index (χ1n) is 20.7. The molecule has 0 heterocycles. The van der Waals surface area contributed by atoms with E-state index in [0.717, 1.165) is 79.1 Å². The fourth-order valence-corrected chi connectivity index (χ4v) is 6.58. The van der Waals surface area contributed by atoms with Gasteiger partial charge in [-0.25, -0.2) is 0 Å². The topological polar surface area (TPSA) is 85.7 Å². The van der Waals surface area contributed by atoms with Gasteiger partial charge in [0.25, 0.3) is 0 Å². The molecule has 0 aliphatic heterocycles. The monoisotopic (exact) mass is 816 g/mol. The van der Waals surface area contributed by atoms with Crippen molar-refractivity contribution in [2.75, 3.05) is 10.6 Å². The standard InChI is InChI=1S/C54H48N4O4/c1-5-13-41(14-6-1)37-59-51-29-45(30-52(33-51)60-38-42-15-7-2-8-16-42)35-55-47-21-25-49(26-22-47)57-58-50-27-23-48(24-28-50)56-36-46-31-53(61-39-43-17-9-3-10-18-43)34-54(32-46)62-40-44-19-11-4-12-20-44/h1-34,55-56H,35-40H2. The summed E-state index contributed by atoms with van der Waals surface area (Å²) in [6.45, 7) is 3.07. The molecule has 8 aromatic carbocycles. The second kappa shape index (κ2) is 21.4. The Bertz CT molecular complexity index is 2300. The van der Waals surface area contributed by atoms with E-state index < -0.39 is 0 Å². The Morgan fingerprint density at radius 3 is 0.839 bits per heavy atom. The van der Waals surface area contributed by atoms with Crippen molar-refractivity contribution in [3.8, 4) is 23.0 Å². The number of nitrogens with one attached hydrogen (secondary N) is 2. The zero-order valence-electron chi connectivity index (χ0n) is 34.4. The van der Waals surface area contributed by atoms with E-state index in [1.165, 1.54) is 0 Å². The van der Waals surface area contributed by atoms with Gasteiger partial charge in [0.15, 0.2) is 0 Å². The van der Waals surface area contributed by atoms with Crippen LogP contribution in [0, 0.1) is 0 Å². The molecule has 0 bridgehead atoms. The smallest absolute Gasteiger partial charge is 0.123 e. The molecule has 8 heteroatoms. The lowest BCUT2D eigenvalue weighted by Gasteiger charge is -2.14. The number of azo groups is 1. The molecule has 0 amide bonds. The van der Waals surface area contributed by atoms with E-state index in [4.69, 9.17) is 18.9 Å². The molecule has 0 saturated heterocycles. The Balaban J connectivity index is 0.851. The van der Waals surface area contributed by atoms with Crippen molar-refractivity contribution in [1.29, 1.82) is 0 Å². The highest BCUT2D eigenvalue weighted by atomic mass is 16.5. The van der Waals surface area contributed by atoms with E-state index in [0.29, 0.717) is 39.5 Å². The number of hydrogen-bond acceptors (Lipinski definition) is 8. The maximum absolute atomic E-state index is 6.20. The molecule has 8 aromatic rings. The fraction of sp³-hybridized carbons (Fsp3) is 0.111. The molecule has 0 spiro atoms. The summed E-state index contributed by atoms with van der Waals surface area (Å²) in [5, 5.41) is 16.0. The van der Waals surface area contributed by atoms with Crippen molar-refractivity contribution in [3.05, 3.63) is 240 Å². The highest BCUT2D eigenvalue weighted by Gasteiger charge is 2.08. The molecule has 0 aliphatic rings. The summed E-state index contributed by atoms with van der Waals surface area (Å²) in [5.41, 5.74) is 9.94. The molecule has 0 atom stereocenters. The van der Waals surface area contributed by atoms with Crippen LogP contribution in [0.2, 0.25) is 0 Å². The predicted molar refractivity (Wildman–Crippen MR) is 248 cm³/mol. The van der Waals surface area contributed by atoms with Gasteiger partial charge in [-0.1, -0.05) is 121 Å². The van der Waals surface area contributed by atoms with Gasteiger partial charge in [0, 0.05) is 36.6 Å². The van der Waals surface area contributed by atoms with Crippen molar-refractivity contribution in [1.82, 2.24) is 0 Å². The SMILES string of the molecule is c1ccc(COc2cc(CNc3ccc(N=Nc4ccc(NCc5cc(OCc6ccccc6)cc(OCc6ccccc6)c5)cc4)cc3)cc(OCc3ccccc3)c2)cc1. The first-order valence-corrected chi connectivity index (χ1v) is 20.7. The van der Waals surface area contributed by atoms with Gasteiger partial charge in [-0.2, -0.15) is 10.2 Å². The van der Waals surface area contributed by atoms with Crippen LogP contribution >= 0.6 is 0 Å². The summed E-state index contributed by atoms with van der Waals surface area (Å²) in [5.74, 6) is 3.02. The van der Waals surface area contributed by atoms with Crippen LogP contribution in [0.1, 0.15) is 33.4 Å². The maximum Gasteiger partial charge on any atom is 0.123 e. The largest absolute Gasteiger partial charge is 0.489 e. The lowest BCUT2D eigenvalue weighted by molar-refractivity contribution is 0.289. The van der Waals surface area contributed by atoms with Crippen molar-refractivity contribution in [2.24, 2.45) is 10.2 Å². The van der Waals surface area contributed by atoms with Crippen LogP contribution in [-0.2, 0) is 39.5 Å². The quantitative estimate of drug-likeness (QED) is 0.0745. The van der Waals surface area contributed by atoms with Crippen LogP contribution in [0.4, 0.5) is 22.7 Å². The van der Waals surface area contributed by atoms with Gasteiger partial charge < -0.3 is 29.6 Å². The molecule has 8 nitrogen and oxygen atoms in total. The molecule has 62 heavy (non-hydrogen) atoms. The second-order valence-electron chi connectivity index (χ2n) is 14.7. The van der Waals surface area contributed by atoms with Crippen LogP contribution in [0.3, 0.4) is 0 Å². The van der Waals surface area contributed by atoms with E-state index in [2.05, 4.69) is 69.4 Å². The lowest BCUT2D eigenvalue weighted by Crippen LogP contribution is -2.03. The van der Waals surface area contributed by atoms with Crippen LogP contribution in [0.5, 0.6) is 23.0 Å². The van der Waals surface area contributed by atoms with E-state index >= 15 is 0 Å². The second-order valence-corrected chi connectivity index (χ2v) is 14.7. The Kier molecular flexibility index (Phi) is 14.1. The molecule has 0 unspecified atom stereocenters. The molecule has 0 aromatic heterocycles. The average molecular weight is 817 g/mol. The van der Waals surface area contributed by atoms with E-state index in [-0.39, 0.29) is 0 Å². The minimum Gasteiger partial charge on any atom is -0.489 e. The van der Waals surface area contributed by atoms with Crippen LogP contribution in [0.25, 0.3) is 0 Å². The van der Waals surface area contributed by atoms with Crippen molar-refractivity contribution in [3.63, 3.8) is 0 Å². The third-order valence-electron chi connectivity index (χ3n) is 9.88. The maximum atomic E-state index is 6.20. The van der Waals surface area contributed by atoms with Gasteiger partial charge in [0.05, 0.1) is 11.4 Å². The van der Waals surface area contributed by atoms with Gasteiger partial charge in [0.2, 0.25) is 0 Å². The van der Waals surface area contributed by atoms with Gasteiger partial charge in [0.1, 0.15) is 49.4 Å². The van der Waals surface area contributed by atoms with Crippen LogP contribution in [-0.4, -0.2) is 0 Å². The van der Waals surface area contributed by atoms with Crippen molar-refractivity contribution in [2.45, 2.75) is 39.5 Å². The summed E-state index contributed by atoms with van der Waals surface area (Å²) < 4.78 is 24.8. The van der Waals surface area contributed by atoms with E-state index in [9.17, 15) is 0 Å². The molecule has 0 radical (unpaired) electrons. The minimum atomic E-state index is 0.474. The highest BCUT2D eigenvalue weighted by molar-refractivity contribution is 5.54. The summed E-state index contributed by atoms with van der Waals surface area (Å²) in [7, 11) is 0. The first-order chi connectivity index (χ1) is 30.6.